The highest BCUT2D eigenvalue weighted by molar-refractivity contribution is 5.23. The van der Waals surface area contributed by atoms with Crippen LogP contribution in [-0.4, -0.2) is 37.6 Å². The third kappa shape index (κ3) is 2.59. The first-order valence-electron chi connectivity index (χ1n) is 6.58. The van der Waals surface area contributed by atoms with E-state index >= 15 is 0 Å². The Hall–Kier alpha value is -1.12. The molecule has 1 aromatic rings. The minimum absolute atomic E-state index is 0.763. The Kier molecular flexibility index (Phi) is 3.25. The molecular weight excluding hydrogens is 208 g/mol. The molecule has 1 aromatic carbocycles. The van der Waals surface area contributed by atoms with Crippen LogP contribution in [0.3, 0.4) is 0 Å². The monoisotopic (exact) mass is 228 g/mol. The highest BCUT2D eigenvalue weighted by Gasteiger charge is 2.28. The number of rotatable bonds is 3. The van der Waals surface area contributed by atoms with Crippen LogP contribution in [0.5, 0.6) is 0 Å². The van der Waals surface area contributed by atoms with E-state index in [0.717, 1.165) is 19.0 Å². The van der Waals surface area contributed by atoms with Gasteiger partial charge >= 0.3 is 0 Å². The molecule has 0 spiro atoms. The second-order valence-corrected chi connectivity index (χ2v) is 5.12. The molecule has 0 aliphatic carbocycles. The highest BCUT2D eigenvalue weighted by Crippen LogP contribution is 2.27. The van der Waals surface area contributed by atoms with Crippen LogP contribution >= 0.6 is 0 Å². The lowest BCUT2D eigenvalue weighted by atomic mass is 9.91. The Balaban J connectivity index is 1.50. The maximum Gasteiger partial charge on any atom is 0.0194 e. The average molecular weight is 228 g/mol. The van der Waals surface area contributed by atoms with E-state index in [-0.39, 0.29) is 0 Å². The van der Waals surface area contributed by atoms with Crippen molar-refractivity contribution in [2.24, 2.45) is 0 Å². The van der Waals surface area contributed by atoms with Gasteiger partial charge in [0.1, 0.15) is 0 Å². The van der Waals surface area contributed by atoms with Gasteiger partial charge in [-0.3, -0.25) is 4.90 Å². The summed E-state index contributed by atoms with van der Waals surface area (Å²) in [6, 6.07) is 10.9. The topological polar surface area (TPSA) is 15.3 Å². The van der Waals surface area contributed by atoms with Crippen molar-refractivity contribution in [1.29, 1.82) is 0 Å². The van der Waals surface area contributed by atoms with Crippen molar-refractivity contribution >= 4 is 0 Å². The predicted octanol–water partition coefficient (Wildman–Crippen LogP) is 2.01. The SMILES string of the molecule is C1=C(CN2CC(c3ccccc3)C2)CCNC1. The van der Waals surface area contributed by atoms with Crippen LogP contribution in [0.25, 0.3) is 0 Å². The summed E-state index contributed by atoms with van der Waals surface area (Å²) in [6.45, 7) is 5.86. The van der Waals surface area contributed by atoms with Crippen LogP contribution in [0.2, 0.25) is 0 Å². The molecule has 17 heavy (non-hydrogen) atoms. The highest BCUT2D eigenvalue weighted by atomic mass is 15.2. The number of hydrogen-bond donors (Lipinski definition) is 1. The summed E-state index contributed by atoms with van der Waals surface area (Å²) in [4.78, 5) is 2.56. The van der Waals surface area contributed by atoms with Gasteiger partial charge in [0, 0.05) is 32.1 Å². The van der Waals surface area contributed by atoms with Gasteiger partial charge in [-0.15, -0.1) is 0 Å². The van der Waals surface area contributed by atoms with Gasteiger partial charge < -0.3 is 5.32 Å². The van der Waals surface area contributed by atoms with Gasteiger partial charge in [0.25, 0.3) is 0 Å². The predicted molar refractivity (Wildman–Crippen MR) is 71.2 cm³/mol. The molecule has 1 saturated heterocycles. The minimum atomic E-state index is 0.763. The zero-order valence-corrected chi connectivity index (χ0v) is 10.2. The van der Waals surface area contributed by atoms with Gasteiger partial charge in [-0.2, -0.15) is 0 Å². The van der Waals surface area contributed by atoms with Gasteiger partial charge in [-0.05, 0) is 18.5 Å². The van der Waals surface area contributed by atoms with Gasteiger partial charge in [0.15, 0.2) is 0 Å². The van der Waals surface area contributed by atoms with E-state index in [1.165, 1.54) is 31.6 Å². The second kappa shape index (κ2) is 5.03. The Labute approximate surface area is 103 Å². The van der Waals surface area contributed by atoms with Crippen LogP contribution in [0.1, 0.15) is 17.9 Å². The summed E-state index contributed by atoms with van der Waals surface area (Å²) in [5.41, 5.74) is 3.12. The normalized spacial score (nSPS) is 22.0. The summed E-state index contributed by atoms with van der Waals surface area (Å²) < 4.78 is 0. The lowest BCUT2D eigenvalue weighted by molar-refractivity contribution is 0.161. The molecule has 0 radical (unpaired) electrons. The van der Waals surface area contributed by atoms with Crippen LogP contribution in [-0.2, 0) is 0 Å². The average Bonchev–Trinajstić information content (AvgIpc) is 2.36. The molecule has 1 fully saturated rings. The van der Waals surface area contributed by atoms with E-state index in [2.05, 4.69) is 46.6 Å². The minimum Gasteiger partial charge on any atom is -0.313 e. The molecule has 0 aromatic heterocycles. The van der Waals surface area contributed by atoms with Gasteiger partial charge in [0.2, 0.25) is 0 Å². The Bertz CT molecular complexity index is 391. The molecule has 2 heterocycles. The number of nitrogens with zero attached hydrogens (tertiary/aromatic N) is 1. The summed E-state index contributed by atoms with van der Waals surface area (Å²) >= 11 is 0. The van der Waals surface area contributed by atoms with Crippen molar-refractivity contribution in [1.82, 2.24) is 10.2 Å². The number of nitrogens with one attached hydrogen (secondary N) is 1. The van der Waals surface area contributed by atoms with E-state index in [1.54, 1.807) is 5.57 Å². The zero-order valence-electron chi connectivity index (χ0n) is 10.2. The Morgan fingerprint density at radius 1 is 1.18 bits per heavy atom. The van der Waals surface area contributed by atoms with Crippen LogP contribution in [0.4, 0.5) is 0 Å². The van der Waals surface area contributed by atoms with Crippen molar-refractivity contribution in [3.8, 4) is 0 Å². The molecule has 3 rings (SSSR count). The first-order valence-corrected chi connectivity index (χ1v) is 6.58. The summed E-state index contributed by atoms with van der Waals surface area (Å²) in [5.74, 6) is 0.763. The summed E-state index contributed by atoms with van der Waals surface area (Å²) in [6.07, 6.45) is 3.59. The molecule has 0 bridgehead atoms. The number of likely N-dealkylation sites (tertiary alicyclic amines) is 1. The molecule has 0 amide bonds. The molecule has 2 nitrogen and oxygen atoms in total. The second-order valence-electron chi connectivity index (χ2n) is 5.12. The first-order chi connectivity index (χ1) is 8.42. The van der Waals surface area contributed by atoms with Crippen molar-refractivity contribution in [3.63, 3.8) is 0 Å². The summed E-state index contributed by atoms with van der Waals surface area (Å²) in [7, 11) is 0. The molecule has 0 atom stereocenters. The van der Waals surface area contributed by atoms with Crippen molar-refractivity contribution in [2.45, 2.75) is 12.3 Å². The standard InChI is InChI=1S/C15H20N2/c1-2-4-14(5-3-1)15-11-17(12-15)10-13-6-8-16-9-7-13/h1-6,15-16H,7-12H2. The van der Waals surface area contributed by atoms with E-state index < -0.39 is 0 Å². The molecule has 0 saturated carbocycles. The summed E-state index contributed by atoms with van der Waals surface area (Å²) in [5, 5.41) is 3.36. The first kappa shape index (κ1) is 11.0. The van der Waals surface area contributed by atoms with E-state index in [1.807, 2.05) is 0 Å². The van der Waals surface area contributed by atoms with Gasteiger partial charge in [0.05, 0.1) is 0 Å². The lowest BCUT2D eigenvalue weighted by Gasteiger charge is -2.40. The fourth-order valence-corrected chi connectivity index (χ4v) is 2.74. The van der Waals surface area contributed by atoms with Crippen molar-refractivity contribution < 1.29 is 0 Å². The largest absolute Gasteiger partial charge is 0.313 e. The van der Waals surface area contributed by atoms with E-state index in [9.17, 15) is 0 Å². The van der Waals surface area contributed by atoms with E-state index in [0.29, 0.717) is 0 Å². The van der Waals surface area contributed by atoms with Crippen LogP contribution in [0, 0.1) is 0 Å². The maximum absolute atomic E-state index is 3.36. The van der Waals surface area contributed by atoms with Crippen molar-refractivity contribution in [3.05, 3.63) is 47.5 Å². The Morgan fingerprint density at radius 2 is 2.00 bits per heavy atom. The number of hydrogen-bond acceptors (Lipinski definition) is 2. The molecule has 2 aliphatic rings. The zero-order chi connectivity index (χ0) is 11.5. The molecule has 90 valence electrons. The fraction of sp³-hybridized carbons (Fsp3) is 0.467. The van der Waals surface area contributed by atoms with Gasteiger partial charge in [-0.1, -0.05) is 42.0 Å². The number of benzene rings is 1. The molecule has 2 aliphatic heterocycles. The quantitative estimate of drug-likeness (QED) is 0.796. The van der Waals surface area contributed by atoms with Gasteiger partial charge in [-0.25, -0.2) is 0 Å². The molecule has 2 heteroatoms. The third-order valence-corrected chi connectivity index (χ3v) is 3.81. The molecule has 1 N–H and O–H groups in total. The van der Waals surface area contributed by atoms with Crippen molar-refractivity contribution in [2.75, 3.05) is 32.7 Å². The fourth-order valence-electron chi connectivity index (χ4n) is 2.74. The molecular formula is C15H20N2. The molecule has 0 unspecified atom stereocenters. The third-order valence-electron chi connectivity index (χ3n) is 3.81. The Morgan fingerprint density at radius 3 is 2.71 bits per heavy atom. The van der Waals surface area contributed by atoms with E-state index in [4.69, 9.17) is 0 Å². The van der Waals surface area contributed by atoms with Crippen LogP contribution in [0.15, 0.2) is 42.0 Å². The maximum atomic E-state index is 3.36. The lowest BCUT2D eigenvalue weighted by Crippen LogP contribution is -2.46. The smallest absolute Gasteiger partial charge is 0.0194 e. The van der Waals surface area contributed by atoms with Crippen LogP contribution < -0.4 is 5.32 Å².